The number of hydrogen-bond acceptors (Lipinski definition) is 8. The van der Waals surface area contributed by atoms with Crippen LogP contribution in [0.3, 0.4) is 0 Å². The zero-order valence-electron chi connectivity index (χ0n) is 18.6. The van der Waals surface area contributed by atoms with E-state index in [0.717, 1.165) is 55.0 Å². The summed E-state index contributed by atoms with van der Waals surface area (Å²) in [6, 6.07) is 12.0. The van der Waals surface area contributed by atoms with Crippen molar-refractivity contribution in [1.29, 1.82) is 0 Å². The predicted molar refractivity (Wildman–Crippen MR) is 130 cm³/mol. The zero-order chi connectivity index (χ0) is 23.2. The fraction of sp³-hybridized carbons (Fsp3) is 0.231. The minimum atomic E-state index is 0.313. The van der Waals surface area contributed by atoms with Gasteiger partial charge < -0.3 is 14.8 Å². The normalized spacial score (nSPS) is 14.0. The monoisotopic (exact) mass is 452 g/mol. The average molecular weight is 453 g/mol. The van der Waals surface area contributed by atoms with Crippen molar-refractivity contribution < 1.29 is 9.47 Å². The van der Waals surface area contributed by atoms with E-state index < -0.39 is 0 Å². The summed E-state index contributed by atoms with van der Waals surface area (Å²) in [5.74, 6) is 3.76. The molecule has 8 nitrogen and oxygen atoms in total. The molecule has 0 bridgehead atoms. The Labute approximate surface area is 198 Å². The molecule has 0 atom stereocenters. The van der Waals surface area contributed by atoms with Crippen molar-refractivity contribution in [3.05, 3.63) is 78.0 Å². The second-order valence-electron chi connectivity index (χ2n) is 7.99. The maximum absolute atomic E-state index is 5.95. The molecule has 1 aliphatic rings. The van der Waals surface area contributed by atoms with Crippen LogP contribution in [0.4, 0.5) is 11.6 Å². The van der Waals surface area contributed by atoms with E-state index in [-0.39, 0.29) is 0 Å². The van der Waals surface area contributed by atoms with Gasteiger partial charge >= 0.3 is 0 Å². The third-order valence-corrected chi connectivity index (χ3v) is 5.54. The third-order valence-electron chi connectivity index (χ3n) is 5.54. The molecule has 34 heavy (non-hydrogen) atoms. The number of terminal acetylenes is 1. The SMILES string of the molecule is C#Cc1cc2cnc(Nc3cccc(CN4CCOCC4)c3)nc2cc1OCc1cncnc1. The van der Waals surface area contributed by atoms with Crippen molar-refractivity contribution in [1.82, 2.24) is 24.8 Å². The van der Waals surface area contributed by atoms with Gasteiger partial charge in [0.1, 0.15) is 18.7 Å². The Bertz CT molecular complexity index is 1320. The summed E-state index contributed by atoms with van der Waals surface area (Å²) >= 11 is 0. The predicted octanol–water partition coefficient (Wildman–Crippen LogP) is 3.56. The number of fused-ring (bicyclic) bond motifs is 1. The molecule has 2 aromatic carbocycles. The van der Waals surface area contributed by atoms with Crippen LogP contribution in [-0.4, -0.2) is 51.1 Å². The minimum absolute atomic E-state index is 0.313. The summed E-state index contributed by atoms with van der Waals surface area (Å²) in [6.07, 6.45) is 12.4. The van der Waals surface area contributed by atoms with Crippen molar-refractivity contribution >= 4 is 22.5 Å². The molecule has 8 heteroatoms. The van der Waals surface area contributed by atoms with Crippen molar-refractivity contribution in [2.75, 3.05) is 31.6 Å². The maximum Gasteiger partial charge on any atom is 0.227 e. The molecule has 0 aliphatic carbocycles. The van der Waals surface area contributed by atoms with Gasteiger partial charge in [-0.15, -0.1) is 6.42 Å². The number of anilines is 2. The van der Waals surface area contributed by atoms with Crippen molar-refractivity contribution in [3.8, 4) is 18.1 Å². The molecule has 1 N–H and O–H groups in total. The van der Waals surface area contributed by atoms with Gasteiger partial charge in [-0.25, -0.2) is 19.9 Å². The number of nitrogens with zero attached hydrogens (tertiary/aromatic N) is 5. The van der Waals surface area contributed by atoms with E-state index >= 15 is 0 Å². The Hall–Kier alpha value is -4.06. The van der Waals surface area contributed by atoms with E-state index in [4.69, 9.17) is 15.9 Å². The molecule has 0 saturated carbocycles. The van der Waals surface area contributed by atoms with Gasteiger partial charge in [-0.3, -0.25) is 4.90 Å². The van der Waals surface area contributed by atoms with Gasteiger partial charge in [-0.1, -0.05) is 18.1 Å². The molecule has 0 radical (unpaired) electrons. The number of aromatic nitrogens is 4. The smallest absolute Gasteiger partial charge is 0.227 e. The minimum Gasteiger partial charge on any atom is -0.487 e. The molecule has 2 aromatic heterocycles. The van der Waals surface area contributed by atoms with Crippen molar-refractivity contribution in [3.63, 3.8) is 0 Å². The van der Waals surface area contributed by atoms with E-state index in [2.05, 4.69) is 48.2 Å². The number of hydrogen-bond donors (Lipinski definition) is 1. The first-order chi connectivity index (χ1) is 16.8. The molecular weight excluding hydrogens is 428 g/mol. The quantitative estimate of drug-likeness (QED) is 0.426. The topological polar surface area (TPSA) is 85.3 Å². The lowest BCUT2D eigenvalue weighted by atomic mass is 10.1. The highest BCUT2D eigenvalue weighted by Gasteiger charge is 2.12. The standard InChI is InChI=1S/C26H24N6O2/c1-2-21-11-22-15-29-26(31-24(22)12-25(21)34-17-20-13-27-18-28-14-20)30-23-5-3-4-19(10-23)16-32-6-8-33-9-7-32/h1,3-5,10-15,18H,6-9,16-17H2,(H,29,30,31). The molecule has 0 spiro atoms. The Morgan fingerprint density at radius 3 is 2.74 bits per heavy atom. The molecule has 0 amide bonds. The van der Waals surface area contributed by atoms with Gasteiger partial charge in [0.25, 0.3) is 0 Å². The number of ether oxygens (including phenoxy) is 2. The first-order valence-electron chi connectivity index (χ1n) is 11.1. The molecule has 1 aliphatic heterocycles. The van der Waals surface area contributed by atoms with Crippen LogP contribution in [0, 0.1) is 12.3 Å². The van der Waals surface area contributed by atoms with Gasteiger partial charge in [-0.2, -0.15) is 0 Å². The van der Waals surface area contributed by atoms with Crippen molar-refractivity contribution in [2.45, 2.75) is 13.2 Å². The Morgan fingerprint density at radius 1 is 1.06 bits per heavy atom. The summed E-state index contributed by atoms with van der Waals surface area (Å²) in [5.41, 5.74) is 4.40. The number of nitrogens with one attached hydrogen (secondary N) is 1. The number of benzene rings is 2. The first kappa shape index (κ1) is 21.8. The second kappa shape index (κ2) is 10.3. The lowest BCUT2D eigenvalue weighted by Crippen LogP contribution is -2.35. The van der Waals surface area contributed by atoms with Crippen LogP contribution in [-0.2, 0) is 17.9 Å². The summed E-state index contributed by atoms with van der Waals surface area (Å²) in [5, 5.41) is 4.16. The van der Waals surface area contributed by atoms with E-state index in [1.165, 1.54) is 11.9 Å². The van der Waals surface area contributed by atoms with E-state index in [1.807, 2.05) is 24.3 Å². The highest BCUT2D eigenvalue weighted by Crippen LogP contribution is 2.26. The van der Waals surface area contributed by atoms with Crippen LogP contribution in [0.5, 0.6) is 5.75 Å². The summed E-state index contributed by atoms with van der Waals surface area (Å²) in [7, 11) is 0. The fourth-order valence-corrected chi connectivity index (χ4v) is 3.81. The molecule has 5 rings (SSSR count). The third kappa shape index (κ3) is 5.29. The Balaban J connectivity index is 1.34. The van der Waals surface area contributed by atoms with Crippen LogP contribution in [0.1, 0.15) is 16.7 Å². The van der Waals surface area contributed by atoms with Crippen LogP contribution in [0.25, 0.3) is 10.9 Å². The number of morpholine rings is 1. The molecule has 1 saturated heterocycles. The van der Waals surface area contributed by atoms with Crippen LogP contribution >= 0.6 is 0 Å². The molecule has 4 aromatic rings. The van der Waals surface area contributed by atoms with Gasteiger partial charge in [0.05, 0.1) is 24.3 Å². The lowest BCUT2D eigenvalue weighted by Gasteiger charge is -2.26. The fourth-order valence-electron chi connectivity index (χ4n) is 3.81. The van der Waals surface area contributed by atoms with Crippen LogP contribution in [0.2, 0.25) is 0 Å². The lowest BCUT2D eigenvalue weighted by molar-refractivity contribution is 0.0342. The molecule has 0 unspecified atom stereocenters. The summed E-state index contributed by atoms with van der Waals surface area (Å²) in [4.78, 5) is 19.6. The Morgan fingerprint density at radius 2 is 1.91 bits per heavy atom. The molecule has 170 valence electrons. The zero-order valence-corrected chi connectivity index (χ0v) is 18.6. The largest absolute Gasteiger partial charge is 0.487 e. The van der Waals surface area contributed by atoms with Gasteiger partial charge in [0.15, 0.2) is 0 Å². The molecule has 1 fully saturated rings. The van der Waals surface area contributed by atoms with Crippen LogP contribution < -0.4 is 10.1 Å². The van der Waals surface area contributed by atoms with Gasteiger partial charge in [0, 0.05) is 60.9 Å². The highest BCUT2D eigenvalue weighted by atomic mass is 16.5. The number of rotatable bonds is 7. The summed E-state index contributed by atoms with van der Waals surface area (Å²) in [6.45, 7) is 4.68. The van der Waals surface area contributed by atoms with Gasteiger partial charge in [0.2, 0.25) is 5.95 Å². The van der Waals surface area contributed by atoms with Crippen molar-refractivity contribution in [2.24, 2.45) is 0 Å². The highest BCUT2D eigenvalue weighted by molar-refractivity contribution is 5.83. The summed E-state index contributed by atoms with van der Waals surface area (Å²) < 4.78 is 11.4. The van der Waals surface area contributed by atoms with Crippen LogP contribution in [0.15, 0.2) is 61.3 Å². The van der Waals surface area contributed by atoms with E-state index in [0.29, 0.717) is 23.9 Å². The van der Waals surface area contributed by atoms with Gasteiger partial charge in [-0.05, 0) is 23.8 Å². The first-order valence-corrected chi connectivity index (χ1v) is 11.1. The maximum atomic E-state index is 5.95. The average Bonchev–Trinajstić information content (AvgIpc) is 2.88. The van der Waals surface area contributed by atoms with E-state index in [9.17, 15) is 0 Å². The Kier molecular flexibility index (Phi) is 6.56. The van der Waals surface area contributed by atoms with E-state index in [1.54, 1.807) is 18.6 Å². The second-order valence-corrected chi connectivity index (χ2v) is 7.99. The molecular formula is C26H24N6O2. The molecule has 3 heterocycles.